The average Bonchev–Trinajstić information content (AvgIpc) is 1.66. The predicted octanol–water partition coefficient (Wildman–Crippen LogP) is 0.720. The van der Waals surface area contributed by atoms with Crippen molar-refractivity contribution in [3.05, 3.63) is 12.2 Å². The Kier molecular flexibility index (Phi) is 4.26. The van der Waals surface area contributed by atoms with Crippen LogP contribution in [-0.4, -0.2) is 11.7 Å². The highest BCUT2D eigenvalue weighted by molar-refractivity contribution is 7.80. The summed E-state index contributed by atoms with van der Waals surface area (Å²) >= 11 is 4.43. The van der Waals surface area contributed by atoms with Gasteiger partial charge in [0.15, 0.2) is 5.11 Å². The zero-order chi connectivity index (χ0) is 6.41. The minimum Gasteiger partial charge on any atom is -0.358 e. The third-order valence-electron chi connectivity index (χ3n) is 0.616. The van der Waals surface area contributed by atoms with E-state index in [4.69, 9.17) is 5.73 Å². The maximum absolute atomic E-state index is 6.74. The third kappa shape index (κ3) is 5.43. The fourth-order valence-corrected chi connectivity index (χ4v) is 0.353. The molecule has 1 radical (unpaired) electrons. The van der Waals surface area contributed by atoms with Crippen LogP contribution in [0.1, 0.15) is 6.92 Å². The van der Waals surface area contributed by atoms with E-state index in [1.165, 1.54) is 0 Å². The van der Waals surface area contributed by atoms with E-state index in [0.717, 1.165) is 0 Å². The van der Waals surface area contributed by atoms with Crippen molar-refractivity contribution in [3.63, 3.8) is 0 Å². The van der Waals surface area contributed by atoms with Gasteiger partial charge in [-0.1, -0.05) is 12.2 Å². The van der Waals surface area contributed by atoms with E-state index >= 15 is 0 Å². The van der Waals surface area contributed by atoms with Crippen LogP contribution < -0.4 is 11.1 Å². The van der Waals surface area contributed by atoms with Crippen LogP contribution >= 0.6 is 12.2 Å². The summed E-state index contributed by atoms with van der Waals surface area (Å²) in [6, 6.07) is 0. The van der Waals surface area contributed by atoms with Crippen LogP contribution in [0.2, 0.25) is 0 Å². The van der Waals surface area contributed by atoms with E-state index in [1.807, 2.05) is 19.1 Å². The highest BCUT2D eigenvalue weighted by Crippen LogP contribution is 1.66. The van der Waals surface area contributed by atoms with Gasteiger partial charge >= 0.3 is 0 Å². The van der Waals surface area contributed by atoms with Gasteiger partial charge in [-0.3, -0.25) is 5.73 Å². The van der Waals surface area contributed by atoms with Gasteiger partial charge in [0.25, 0.3) is 0 Å². The Morgan fingerprint density at radius 2 is 2.50 bits per heavy atom. The summed E-state index contributed by atoms with van der Waals surface area (Å²) in [6.07, 6.45) is 3.81. The van der Waals surface area contributed by atoms with Crippen LogP contribution in [-0.2, 0) is 0 Å². The molecule has 8 heavy (non-hydrogen) atoms. The van der Waals surface area contributed by atoms with Gasteiger partial charge in [0.05, 0.1) is 0 Å². The summed E-state index contributed by atoms with van der Waals surface area (Å²) < 4.78 is 0. The first-order valence-corrected chi connectivity index (χ1v) is 2.78. The van der Waals surface area contributed by atoms with Crippen molar-refractivity contribution in [3.8, 4) is 0 Å². The fourth-order valence-electron chi connectivity index (χ4n) is 0.269. The number of allylic oxidation sites excluding steroid dienone is 1. The maximum atomic E-state index is 6.74. The molecule has 0 aliphatic rings. The topological polar surface area (TPSA) is 35.8 Å². The van der Waals surface area contributed by atoms with Crippen LogP contribution in [0.4, 0.5) is 0 Å². The Bertz CT molecular complexity index is 98.6. The van der Waals surface area contributed by atoms with E-state index < -0.39 is 0 Å². The van der Waals surface area contributed by atoms with Crippen molar-refractivity contribution in [1.82, 2.24) is 11.1 Å². The Morgan fingerprint density at radius 3 is 2.88 bits per heavy atom. The predicted molar refractivity (Wildman–Crippen MR) is 38.5 cm³/mol. The molecule has 0 aliphatic carbocycles. The molecule has 0 aromatic rings. The standard InChI is InChI=1S/C5H9N2S/c1-2-3-4-7-5(6)8/h2-3,6H,4H2,1H3,(H,7,8). The molecule has 0 aromatic heterocycles. The largest absolute Gasteiger partial charge is 0.358 e. The van der Waals surface area contributed by atoms with Gasteiger partial charge in [0.1, 0.15) is 0 Å². The molecular weight excluding hydrogens is 120 g/mol. The monoisotopic (exact) mass is 129 g/mol. The molecule has 0 saturated heterocycles. The van der Waals surface area contributed by atoms with Crippen molar-refractivity contribution in [2.45, 2.75) is 6.92 Å². The summed E-state index contributed by atoms with van der Waals surface area (Å²) in [5, 5.41) is 2.76. The molecule has 0 aliphatic heterocycles. The van der Waals surface area contributed by atoms with E-state index in [0.29, 0.717) is 6.54 Å². The van der Waals surface area contributed by atoms with E-state index in [9.17, 15) is 0 Å². The van der Waals surface area contributed by atoms with Crippen LogP contribution in [0.25, 0.3) is 0 Å². The Morgan fingerprint density at radius 1 is 1.88 bits per heavy atom. The number of hydrogen-bond donors (Lipinski definition) is 1. The third-order valence-corrected chi connectivity index (χ3v) is 0.761. The first-order chi connectivity index (χ1) is 3.77. The molecule has 0 spiro atoms. The lowest BCUT2D eigenvalue weighted by Crippen LogP contribution is -2.21. The summed E-state index contributed by atoms with van der Waals surface area (Å²) in [5.41, 5.74) is 6.74. The second kappa shape index (κ2) is 4.59. The highest BCUT2D eigenvalue weighted by atomic mass is 32.1. The molecule has 3 heteroatoms. The summed E-state index contributed by atoms with van der Waals surface area (Å²) in [5.74, 6) is 0. The molecule has 0 saturated carbocycles. The zero-order valence-corrected chi connectivity index (χ0v) is 5.59. The second-order valence-electron chi connectivity index (χ2n) is 1.28. The zero-order valence-electron chi connectivity index (χ0n) is 4.77. The smallest absolute Gasteiger partial charge is 0.185 e. The molecule has 0 amide bonds. The fraction of sp³-hybridized carbons (Fsp3) is 0.400. The molecule has 0 atom stereocenters. The van der Waals surface area contributed by atoms with Crippen molar-refractivity contribution in [2.24, 2.45) is 0 Å². The molecule has 0 fully saturated rings. The lowest BCUT2D eigenvalue weighted by molar-refractivity contribution is 1.04. The molecule has 0 unspecified atom stereocenters. The Balaban J connectivity index is 3.05. The SMILES string of the molecule is CC=CCNC([NH])=S. The Hall–Kier alpha value is -0.570. The van der Waals surface area contributed by atoms with Crippen molar-refractivity contribution in [1.29, 1.82) is 0 Å². The quantitative estimate of drug-likeness (QED) is 0.440. The molecular formula is C5H9N2S. The Labute approximate surface area is 54.8 Å². The maximum Gasteiger partial charge on any atom is 0.185 e. The molecule has 0 aromatic carbocycles. The lowest BCUT2D eigenvalue weighted by Gasteiger charge is -1.93. The molecule has 0 heterocycles. The van der Waals surface area contributed by atoms with Gasteiger partial charge in [-0.2, -0.15) is 0 Å². The number of nitrogens with one attached hydrogen (secondary N) is 2. The van der Waals surface area contributed by atoms with Gasteiger partial charge in [-0.25, -0.2) is 0 Å². The normalized spacial score (nSPS) is 9.62. The van der Waals surface area contributed by atoms with Gasteiger partial charge in [0.2, 0.25) is 0 Å². The number of thiocarbonyl (C=S) groups is 1. The van der Waals surface area contributed by atoms with Gasteiger partial charge < -0.3 is 5.32 Å². The summed E-state index contributed by atoms with van der Waals surface area (Å²) in [4.78, 5) is 0. The molecule has 45 valence electrons. The number of hydrogen-bond acceptors (Lipinski definition) is 1. The molecule has 0 bridgehead atoms. The van der Waals surface area contributed by atoms with Gasteiger partial charge in [-0.15, -0.1) is 0 Å². The van der Waals surface area contributed by atoms with Crippen LogP contribution in [0.15, 0.2) is 12.2 Å². The van der Waals surface area contributed by atoms with Gasteiger partial charge in [0, 0.05) is 6.54 Å². The first-order valence-electron chi connectivity index (χ1n) is 2.38. The summed E-state index contributed by atoms with van der Waals surface area (Å²) in [7, 11) is 0. The highest BCUT2D eigenvalue weighted by Gasteiger charge is 1.78. The summed E-state index contributed by atoms with van der Waals surface area (Å²) in [6.45, 7) is 2.59. The molecule has 2 nitrogen and oxygen atoms in total. The van der Waals surface area contributed by atoms with Gasteiger partial charge in [-0.05, 0) is 19.1 Å². The first kappa shape index (κ1) is 7.43. The van der Waals surface area contributed by atoms with Crippen LogP contribution in [0.5, 0.6) is 0 Å². The minimum atomic E-state index is 0.100. The number of rotatable bonds is 2. The van der Waals surface area contributed by atoms with Crippen LogP contribution in [0, 0.1) is 0 Å². The molecule has 0 rings (SSSR count). The van der Waals surface area contributed by atoms with E-state index in [2.05, 4.69) is 17.5 Å². The van der Waals surface area contributed by atoms with Crippen LogP contribution in [0.3, 0.4) is 0 Å². The average molecular weight is 129 g/mol. The van der Waals surface area contributed by atoms with E-state index in [-0.39, 0.29) is 5.11 Å². The minimum absolute atomic E-state index is 0.100. The van der Waals surface area contributed by atoms with Crippen molar-refractivity contribution in [2.75, 3.05) is 6.54 Å². The lowest BCUT2D eigenvalue weighted by atomic mass is 10.5. The van der Waals surface area contributed by atoms with Crippen molar-refractivity contribution < 1.29 is 0 Å². The second-order valence-corrected chi connectivity index (χ2v) is 1.69. The van der Waals surface area contributed by atoms with E-state index in [1.54, 1.807) is 0 Å². The van der Waals surface area contributed by atoms with Crippen molar-refractivity contribution >= 4 is 17.3 Å². The molecule has 2 N–H and O–H groups in total.